The van der Waals surface area contributed by atoms with Gasteiger partial charge < -0.3 is 5.32 Å². The highest BCUT2D eigenvalue weighted by atomic mass is 15.3. The fourth-order valence-electron chi connectivity index (χ4n) is 2.05. The monoisotopic (exact) mass is 237 g/mol. The van der Waals surface area contributed by atoms with Crippen LogP contribution in [0.15, 0.2) is 12.3 Å². The minimum Gasteiger partial charge on any atom is -0.309 e. The van der Waals surface area contributed by atoms with Gasteiger partial charge in [0, 0.05) is 25.3 Å². The van der Waals surface area contributed by atoms with Crippen LogP contribution in [0.2, 0.25) is 0 Å². The third-order valence-electron chi connectivity index (χ3n) is 3.23. The lowest BCUT2D eigenvalue weighted by Gasteiger charge is -2.14. The molecule has 0 spiro atoms. The van der Waals surface area contributed by atoms with Crippen molar-refractivity contribution in [2.75, 3.05) is 0 Å². The lowest BCUT2D eigenvalue weighted by Crippen LogP contribution is -2.26. The highest BCUT2D eigenvalue weighted by Crippen LogP contribution is 2.06. The molecule has 0 amide bonds. The number of nitrogens with zero attached hydrogens (tertiary/aromatic N) is 2. The van der Waals surface area contributed by atoms with E-state index in [9.17, 15) is 0 Å². The smallest absolute Gasteiger partial charge is 0.0522 e. The Morgan fingerprint density at radius 2 is 2.12 bits per heavy atom. The summed E-state index contributed by atoms with van der Waals surface area (Å²) in [4.78, 5) is 0. The molecule has 17 heavy (non-hydrogen) atoms. The summed E-state index contributed by atoms with van der Waals surface area (Å²) in [6, 6.07) is 2.70. The molecule has 1 atom stereocenters. The zero-order chi connectivity index (χ0) is 12.5. The minimum atomic E-state index is 0.604. The Labute approximate surface area is 106 Å². The van der Waals surface area contributed by atoms with Crippen LogP contribution in [0.25, 0.3) is 0 Å². The molecule has 1 aromatic heterocycles. The Kier molecular flexibility index (Phi) is 6.94. The predicted octanol–water partition coefficient (Wildman–Crippen LogP) is 3.35. The SMILES string of the molecule is CCCCCCC(C)NCc1ccnn1CC. The summed E-state index contributed by atoms with van der Waals surface area (Å²) in [5.41, 5.74) is 1.29. The van der Waals surface area contributed by atoms with E-state index in [4.69, 9.17) is 0 Å². The maximum atomic E-state index is 4.28. The van der Waals surface area contributed by atoms with E-state index in [1.54, 1.807) is 0 Å². The molecular weight excluding hydrogens is 210 g/mol. The van der Waals surface area contributed by atoms with Crippen molar-refractivity contribution in [3.05, 3.63) is 18.0 Å². The summed E-state index contributed by atoms with van der Waals surface area (Å²) in [5.74, 6) is 0. The third kappa shape index (κ3) is 5.35. The Bertz CT molecular complexity index is 293. The van der Waals surface area contributed by atoms with Crippen molar-refractivity contribution in [3.63, 3.8) is 0 Å². The maximum absolute atomic E-state index is 4.28. The third-order valence-corrected chi connectivity index (χ3v) is 3.23. The fourth-order valence-corrected chi connectivity index (χ4v) is 2.05. The van der Waals surface area contributed by atoms with E-state index in [0.29, 0.717) is 6.04 Å². The second kappa shape index (κ2) is 8.29. The predicted molar refractivity (Wildman–Crippen MR) is 73.0 cm³/mol. The zero-order valence-corrected chi connectivity index (χ0v) is 11.6. The van der Waals surface area contributed by atoms with Crippen LogP contribution in [0, 0.1) is 0 Å². The van der Waals surface area contributed by atoms with E-state index in [0.717, 1.165) is 13.1 Å². The number of hydrogen-bond donors (Lipinski definition) is 1. The van der Waals surface area contributed by atoms with Gasteiger partial charge in [-0.25, -0.2) is 0 Å². The number of nitrogens with one attached hydrogen (secondary N) is 1. The van der Waals surface area contributed by atoms with Gasteiger partial charge in [0.25, 0.3) is 0 Å². The molecular formula is C14H27N3. The molecule has 0 saturated carbocycles. The largest absolute Gasteiger partial charge is 0.309 e. The minimum absolute atomic E-state index is 0.604. The first kappa shape index (κ1) is 14.2. The molecule has 0 radical (unpaired) electrons. The number of rotatable bonds is 9. The van der Waals surface area contributed by atoms with Crippen LogP contribution in [-0.4, -0.2) is 15.8 Å². The first-order valence-electron chi connectivity index (χ1n) is 7.02. The molecule has 1 unspecified atom stereocenters. The second-order valence-electron chi connectivity index (χ2n) is 4.77. The summed E-state index contributed by atoms with van der Waals surface area (Å²) in [6.07, 6.45) is 8.56. The Hall–Kier alpha value is -0.830. The number of hydrogen-bond acceptors (Lipinski definition) is 2. The molecule has 1 aromatic rings. The van der Waals surface area contributed by atoms with Crippen molar-refractivity contribution >= 4 is 0 Å². The lowest BCUT2D eigenvalue weighted by molar-refractivity contribution is 0.468. The standard InChI is InChI=1S/C14H27N3/c1-4-6-7-8-9-13(3)15-12-14-10-11-16-17(14)5-2/h10-11,13,15H,4-9,12H2,1-3H3. The van der Waals surface area contributed by atoms with Crippen molar-refractivity contribution in [3.8, 4) is 0 Å². The van der Waals surface area contributed by atoms with Crippen molar-refractivity contribution in [1.29, 1.82) is 0 Å². The topological polar surface area (TPSA) is 29.9 Å². The van der Waals surface area contributed by atoms with Gasteiger partial charge in [-0.3, -0.25) is 4.68 Å². The maximum Gasteiger partial charge on any atom is 0.0522 e. The Balaban J connectivity index is 2.17. The number of aryl methyl sites for hydroxylation is 1. The van der Waals surface area contributed by atoms with Crippen molar-refractivity contribution in [1.82, 2.24) is 15.1 Å². The van der Waals surface area contributed by atoms with Crippen molar-refractivity contribution in [2.45, 2.75) is 72.0 Å². The van der Waals surface area contributed by atoms with Gasteiger partial charge in [-0.05, 0) is 26.3 Å². The van der Waals surface area contributed by atoms with Gasteiger partial charge >= 0.3 is 0 Å². The summed E-state index contributed by atoms with van der Waals surface area (Å²) >= 11 is 0. The molecule has 3 nitrogen and oxygen atoms in total. The molecule has 0 aliphatic heterocycles. The molecule has 1 rings (SSSR count). The molecule has 0 bridgehead atoms. The van der Waals surface area contributed by atoms with E-state index < -0.39 is 0 Å². The fraction of sp³-hybridized carbons (Fsp3) is 0.786. The molecule has 0 fully saturated rings. The molecule has 0 aliphatic carbocycles. The van der Waals surface area contributed by atoms with Crippen LogP contribution in [0.3, 0.4) is 0 Å². The van der Waals surface area contributed by atoms with E-state index in [-0.39, 0.29) is 0 Å². The molecule has 98 valence electrons. The summed E-state index contributed by atoms with van der Waals surface area (Å²) in [6.45, 7) is 8.55. The molecule has 0 saturated heterocycles. The lowest BCUT2D eigenvalue weighted by atomic mass is 10.1. The molecule has 0 aliphatic rings. The summed E-state index contributed by atoms with van der Waals surface area (Å²) in [7, 11) is 0. The first-order chi connectivity index (χ1) is 8.27. The van der Waals surface area contributed by atoms with Gasteiger partial charge in [-0.2, -0.15) is 5.10 Å². The van der Waals surface area contributed by atoms with E-state index in [2.05, 4.69) is 41.9 Å². The quantitative estimate of drug-likeness (QED) is 0.667. The molecule has 1 heterocycles. The first-order valence-corrected chi connectivity index (χ1v) is 7.02. The Morgan fingerprint density at radius 1 is 1.29 bits per heavy atom. The Morgan fingerprint density at radius 3 is 2.82 bits per heavy atom. The van der Waals surface area contributed by atoms with E-state index in [1.165, 1.54) is 37.8 Å². The van der Waals surface area contributed by atoms with Gasteiger partial charge in [0.15, 0.2) is 0 Å². The highest BCUT2D eigenvalue weighted by Gasteiger charge is 2.04. The van der Waals surface area contributed by atoms with E-state index >= 15 is 0 Å². The van der Waals surface area contributed by atoms with E-state index in [1.807, 2.05) is 6.20 Å². The van der Waals surface area contributed by atoms with Gasteiger partial charge in [0.2, 0.25) is 0 Å². The van der Waals surface area contributed by atoms with Crippen LogP contribution >= 0.6 is 0 Å². The summed E-state index contributed by atoms with van der Waals surface area (Å²) < 4.78 is 2.05. The molecule has 0 aromatic carbocycles. The molecule has 3 heteroatoms. The molecule has 1 N–H and O–H groups in total. The normalized spacial score (nSPS) is 12.9. The van der Waals surface area contributed by atoms with Crippen LogP contribution in [0.5, 0.6) is 0 Å². The van der Waals surface area contributed by atoms with Gasteiger partial charge in [-0.15, -0.1) is 0 Å². The highest BCUT2D eigenvalue weighted by molar-refractivity contribution is 5.00. The van der Waals surface area contributed by atoms with Crippen LogP contribution in [0.4, 0.5) is 0 Å². The van der Waals surface area contributed by atoms with Crippen LogP contribution < -0.4 is 5.32 Å². The summed E-state index contributed by atoms with van der Waals surface area (Å²) in [5, 5.41) is 7.85. The zero-order valence-electron chi connectivity index (χ0n) is 11.6. The van der Waals surface area contributed by atoms with Crippen molar-refractivity contribution in [2.24, 2.45) is 0 Å². The van der Waals surface area contributed by atoms with Gasteiger partial charge in [-0.1, -0.05) is 32.6 Å². The van der Waals surface area contributed by atoms with Crippen LogP contribution in [-0.2, 0) is 13.1 Å². The van der Waals surface area contributed by atoms with Gasteiger partial charge in [0.1, 0.15) is 0 Å². The van der Waals surface area contributed by atoms with Crippen molar-refractivity contribution < 1.29 is 0 Å². The second-order valence-corrected chi connectivity index (χ2v) is 4.77. The van der Waals surface area contributed by atoms with Crippen LogP contribution in [0.1, 0.15) is 58.6 Å². The average Bonchev–Trinajstić information content (AvgIpc) is 2.79. The number of unbranched alkanes of at least 4 members (excludes halogenated alkanes) is 3. The number of aromatic nitrogens is 2. The average molecular weight is 237 g/mol. The van der Waals surface area contributed by atoms with Gasteiger partial charge in [0.05, 0.1) is 5.69 Å².